The second-order valence-electron chi connectivity index (χ2n) is 6.15. The molecule has 154 valence electrons. The van der Waals surface area contributed by atoms with Crippen molar-refractivity contribution in [1.29, 1.82) is 0 Å². The lowest BCUT2D eigenvalue weighted by Crippen LogP contribution is -2.55. The summed E-state index contributed by atoms with van der Waals surface area (Å²) in [5.74, 6) is 0.505. The van der Waals surface area contributed by atoms with Crippen molar-refractivity contribution in [3.63, 3.8) is 0 Å². The van der Waals surface area contributed by atoms with E-state index >= 15 is 0 Å². The molecular weight excluding hydrogens is 476 g/mol. The van der Waals surface area contributed by atoms with E-state index in [1.54, 1.807) is 29.0 Å². The molecule has 1 aliphatic heterocycles. The van der Waals surface area contributed by atoms with Gasteiger partial charge in [0.05, 0.1) is 11.9 Å². The molecule has 0 spiro atoms. The summed E-state index contributed by atoms with van der Waals surface area (Å²) in [6.45, 7) is 4.10. The summed E-state index contributed by atoms with van der Waals surface area (Å²) in [6, 6.07) is 0. The van der Waals surface area contributed by atoms with Crippen molar-refractivity contribution in [3.8, 4) is 0 Å². The van der Waals surface area contributed by atoms with Crippen LogP contribution in [0, 0.1) is 0 Å². The van der Waals surface area contributed by atoms with Crippen LogP contribution in [0.5, 0.6) is 0 Å². The van der Waals surface area contributed by atoms with Gasteiger partial charge in [0.15, 0.2) is 5.96 Å². The molecule has 0 atom stereocenters. The number of halogens is 4. The molecule has 0 saturated carbocycles. The van der Waals surface area contributed by atoms with E-state index in [4.69, 9.17) is 0 Å². The van der Waals surface area contributed by atoms with Gasteiger partial charge >= 0.3 is 6.18 Å². The Bertz CT molecular complexity index is 634. The third-order valence-electron chi connectivity index (χ3n) is 3.99. The number of aliphatic imine (C=N–C) groups is 1. The van der Waals surface area contributed by atoms with E-state index in [1.165, 1.54) is 0 Å². The normalized spacial score (nSPS) is 15.7. The fourth-order valence-corrected chi connectivity index (χ4v) is 2.72. The molecule has 0 unspecified atom stereocenters. The standard InChI is InChI=1S/C16H25F3N6O.HI/c1-3-20-15(21-7-5-4-6-16(17,18)19)24-8-9-25(14(26)12-24)13-10-22-23(2)11-13;/h10-11H,3-9,12H2,1-2H3,(H,20,21);1H. The van der Waals surface area contributed by atoms with Crippen LogP contribution in [0.4, 0.5) is 18.9 Å². The van der Waals surface area contributed by atoms with E-state index in [0.29, 0.717) is 38.6 Å². The molecule has 27 heavy (non-hydrogen) atoms. The summed E-state index contributed by atoms with van der Waals surface area (Å²) < 4.78 is 38.1. The van der Waals surface area contributed by atoms with Crippen LogP contribution in [0.15, 0.2) is 17.4 Å². The molecule has 1 fully saturated rings. The van der Waals surface area contributed by atoms with E-state index in [2.05, 4.69) is 15.4 Å². The largest absolute Gasteiger partial charge is 0.389 e. The van der Waals surface area contributed by atoms with Crippen LogP contribution in [0.3, 0.4) is 0 Å². The van der Waals surface area contributed by atoms with Crippen LogP contribution < -0.4 is 10.2 Å². The number of nitrogens with zero attached hydrogens (tertiary/aromatic N) is 5. The number of unbranched alkanes of at least 4 members (excludes halogenated alkanes) is 1. The van der Waals surface area contributed by atoms with Crippen molar-refractivity contribution in [3.05, 3.63) is 12.4 Å². The topological polar surface area (TPSA) is 65.8 Å². The van der Waals surface area contributed by atoms with E-state index < -0.39 is 12.6 Å². The molecule has 0 aliphatic carbocycles. The Morgan fingerprint density at radius 1 is 1.33 bits per heavy atom. The fraction of sp³-hybridized carbons (Fsp3) is 0.688. The molecule has 0 radical (unpaired) electrons. The highest BCUT2D eigenvalue weighted by molar-refractivity contribution is 14.0. The summed E-state index contributed by atoms with van der Waals surface area (Å²) >= 11 is 0. The summed E-state index contributed by atoms with van der Waals surface area (Å²) in [4.78, 5) is 20.3. The lowest BCUT2D eigenvalue weighted by Gasteiger charge is -2.35. The van der Waals surface area contributed by atoms with Gasteiger partial charge in [-0.1, -0.05) is 0 Å². The smallest absolute Gasteiger partial charge is 0.357 e. The maximum absolute atomic E-state index is 12.4. The quantitative estimate of drug-likeness (QED) is 0.281. The minimum Gasteiger partial charge on any atom is -0.357 e. The average molecular weight is 502 g/mol. The highest BCUT2D eigenvalue weighted by Gasteiger charge is 2.28. The Morgan fingerprint density at radius 3 is 2.63 bits per heavy atom. The van der Waals surface area contributed by atoms with Gasteiger partial charge in [-0.05, 0) is 19.8 Å². The first-order chi connectivity index (χ1) is 12.3. The molecule has 11 heteroatoms. The van der Waals surface area contributed by atoms with Crippen LogP contribution in [0.2, 0.25) is 0 Å². The highest BCUT2D eigenvalue weighted by Crippen LogP contribution is 2.22. The lowest BCUT2D eigenvalue weighted by molar-refractivity contribution is -0.135. The second-order valence-corrected chi connectivity index (χ2v) is 6.15. The average Bonchev–Trinajstić information content (AvgIpc) is 2.98. The number of piperazine rings is 1. The van der Waals surface area contributed by atoms with Crippen LogP contribution in [0.25, 0.3) is 0 Å². The molecule has 1 aliphatic rings. The number of hydrogen-bond donors (Lipinski definition) is 1. The molecule has 1 amide bonds. The molecular formula is C16H26F3IN6O. The highest BCUT2D eigenvalue weighted by atomic mass is 127. The Kier molecular flexibility index (Phi) is 9.33. The summed E-state index contributed by atoms with van der Waals surface area (Å²) in [5.41, 5.74) is 0.756. The molecule has 0 bridgehead atoms. The second kappa shape index (κ2) is 10.7. The first kappa shape index (κ1) is 23.5. The summed E-state index contributed by atoms with van der Waals surface area (Å²) in [7, 11) is 1.79. The predicted octanol–water partition coefficient (Wildman–Crippen LogP) is 2.38. The number of carbonyl (C=O) groups is 1. The molecule has 1 aromatic heterocycles. The van der Waals surface area contributed by atoms with Gasteiger partial charge < -0.3 is 15.1 Å². The molecule has 1 aromatic rings. The van der Waals surface area contributed by atoms with Gasteiger partial charge in [-0.15, -0.1) is 24.0 Å². The molecule has 1 saturated heterocycles. The number of alkyl halides is 3. The maximum Gasteiger partial charge on any atom is 0.389 e. The Hall–Kier alpha value is -1.53. The Morgan fingerprint density at radius 2 is 2.07 bits per heavy atom. The van der Waals surface area contributed by atoms with Gasteiger partial charge in [-0.3, -0.25) is 14.5 Å². The Labute approximate surface area is 174 Å². The van der Waals surface area contributed by atoms with Crippen LogP contribution in [-0.2, 0) is 11.8 Å². The van der Waals surface area contributed by atoms with Crippen molar-refractivity contribution in [2.75, 3.05) is 37.6 Å². The third-order valence-corrected chi connectivity index (χ3v) is 3.99. The van der Waals surface area contributed by atoms with Gasteiger partial charge in [0.1, 0.15) is 6.54 Å². The minimum absolute atomic E-state index is 0. The van der Waals surface area contributed by atoms with Crippen molar-refractivity contribution >= 4 is 41.5 Å². The summed E-state index contributed by atoms with van der Waals surface area (Å²) in [6.07, 6.45) is -1.07. The summed E-state index contributed by atoms with van der Waals surface area (Å²) in [5, 5.41) is 7.18. The molecule has 1 N–H and O–H groups in total. The Balaban J connectivity index is 0.00000364. The predicted molar refractivity (Wildman–Crippen MR) is 108 cm³/mol. The van der Waals surface area contributed by atoms with E-state index in [-0.39, 0.29) is 42.8 Å². The lowest BCUT2D eigenvalue weighted by atomic mass is 10.2. The van der Waals surface area contributed by atoms with Crippen molar-refractivity contribution in [2.45, 2.75) is 32.4 Å². The van der Waals surface area contributed by atoms with Crippen LogP contribution >= 0.6 is 24.0 Å². The number of hydrogen-bond acceptors (Lipinski definition) is 3. The third kappa shape index (κ3) is 7.54. The van der Waals surface area contributed by atoms with Gasteiger partial charge in [0, 0.05) is 45.8 Å². The van der Waals surface area contributed by atoms with E-state index in [0.717, 1.165) is 5.69 Å². The minimum atomic E-state index is -4.12. The van der Waals surface area contributed by atoms with Crippen LogP contribution in [-0.4, -0.2) is 65.4 Å². The van der Waals surface area contributed by atoms with Crippen molar-refractivity contribution in [2.24, 2.45) is 12.0 Å². The fourth-order valence-electron chi connectivity index (χ4n) is 2.72. The van der Waals surface area contributed by atoms with Crippen LogP contribution in [0.1, 0.15) is 26.2 Å². The van der Waals surface area contributed by atoms with Gasteiger partial charge in [0.2, 0.25) is 5.91 Å². The first-order valence-electron chi connectivity index (χ1n) is 8.69. The monoisotopic (exact) mass is 502 g/mol. The number of aryl methyl sites for hydroxylation is 1. The zero-order chi connectivity index (χ0) is 19.2. The molecule has 2 rings (SSSR count). The zero-order valence-electron chi connectivity index (χ0n) is 15.5. The van der Waals surface area contributed by atoms with Crippen molar-refractivity contribution in [1.82, 2.24) is 20.0 Å². The van der Waals surface area contributed by atoms with Gasteiger partial charge in [-0.25, -0.2) is 0 Å². The number of amides is 1. The number of carbonyl (C=O) groups excluding carboxylic acids is 1. The first-order valence-corrected chi connectivity index (χ1v) is 8.69. The number of nitrogens with one attached hydrogen (secondary N) is 1. The van der Waals surface area contributed by atoms with Gasteiger partial charge in [-0.2, -0.15) is 18.3 Å². The van der Waals surface area contributed by atoms with E-state index in [9.17, 15) is 18.0 Å². The number of rotatable bonds is 6. The van der Waals surface area contributed by atoms with Gasteiger partial charge in [0.25, 0.3) is 0 Å². The maximum atomic E-state index is 12.4. The number of aromatic nitrogens is 2. The number of anilines is 1. The van der Waals surface area contributed by atoms with E-state index in [1.807, 2.05) is 11.8 Å². The number of guanidine groups is 1. The SMILES string of the molecule is CCNC(=NCCCCC(F)(F)F)N1CCN(c2cnn(C)c2)C(=O)C1.I. The molecule has 2 heterocycles. The van der Waals surface area contributed by atoms with Crippen molar-refractivity contribution < 1.29 is 18.0 Å². The molecule has 0 aromatic carbocycles. The zero-order valence-corrected chi connectivity index (χ0v) is 17.8. The molecule has 7 nitrogen and oxygen atoms in total.